The van der Waals surface area contributed by atoms with E-state index in [9.17, 15) is 0 Å². The molecule has 0 fully saturated rings. The summed E-state index contributed by atoms with van der Waals surface area (Å²) in [4.78, 5) is 11.0. The molecule has 0 saturated heterocycles. The van der Waals surface area contributed by atoms with Crippen LogP contribution in [0.15, 0.2) is 6.33 Å². The highest BCUT2D eigenvalue weighted by molar-refractivity contribution is 7.19. The lowest BCUT2D eigenvalue weighted by Crippen LogP contribution is -1.93. The second-order valence-electron chi connectivity index (χ2n) is 4.31. The van der Waals surface area contributed by atoms with E-state index in [4.69, 9.17) is 11.6 Å². The molecule has 1 aliphatic carbocycles. The molecule has 84 valence electrons. The second kappa shape index (κ2) is 3.97. The van der Waals surface area contributed by atoms with Gasteiger partial charge in [0.05, 0.1) is 5.39 Å². The molecule has 0 radical (unpaired) electrons. The van der Waals surface area contributed by atoms with E-state index in [1.807, 2.05) is 0 Å². The van der Waals surface area contributed by atoms with Crippen LogP contribution in [0.25, 0.3) is 10.2 Å². The standard InChI is InChI=1S/C12H13ClN2S/c1-2-3-7-4-5-8-9(7)10-11(13)14-6-15-12(10)16-8/h6-7H,2-5H2,1H3. The van der Waals surface area contributed by atoms with Crippen molar-refractivity contribution in [3.63, 3.8) is 0 Å². The van der Waals surface area contributed by atoms with Gasteiger partial charge in [-0.2, -0.15) is 0 Å². The van der Waals surface area contributed by atoms with E-state index in [2.05, 4.69) is 16.9 Å². The van der Waals surface area contributed by atoms with E-state index in [1.165, 1.54) is 36.1 Å². The van der Waals surface area contributed by atoms with Gasteiger partial charge in [-0.25, -0.2) is 9.97 Å². The largest absolute Gasteiger partial charge is 0.225 e. The molecule has 0 saturated carbocycles. The van der Waals surface area contributed by atoms with E-state index in [0.29, 0.717) is 11.1 Å². The fourth-order valence-electron chi connectivity index (χ4n) is 2.67. The van der Waals surface area contributed by atoms with Crippen molar-refractivity contribution < 1.29 is 0 Å². The lowest BCUT2D eigenvalue weighted by Gasteiger charge is -2.09. The molecule has 4 heteroatoms. The first-order chi connectivity index (χ1) is 7.81. The summed E-state index contributed by atoms with van der Waals surface area (Å²) in [5.41, 5.74) is 1.45. The predicted octanol–water partition coefficient (Wildman–Crippen LogP) is 4.17. The van der Waals surface area contributed by atoms with Gasteiger partial charge in [-0.05, 0) is 30.7 Å². The van der Waals surface area contributed by atoms with E-state index >= 15 is 0 Å². The van der Waals surface area contributed by atoms with Crippen LogP contribution in [-0.4, -0.2) is 9.97 Å². The summed E-state index contributed by atoms with van der Waals surface area (Å²) in [5, 5.41) is 1.76. The Kier molecular flexibility index (Phi) is 2.60. The molecule has 1 atom stereocenters. The Morgan fingerprint density at radius 3 is 3.19 bits per heavy atom. The molecular formula is C12H13ClN2S. The average molecular weight is 253 g/mol. The topological polar surface area (TPSA) is 25.8 Å². The van der Waals surface area contributed by atoms with Crippen LogP contribution in [0.5, 0.6) is 0 Å². The van der Waals surface area contributed by atoms with Crippen molar-refractivity contribution in [1.29, 1.82) is 0 Å². The van der Waals surface area contributed by atoms with Gasteiger partial charge in [-0.3, -0.25) is 0 Å². The summed E-state index contributed by atoms with van der Waals surface area (Å²) >= 11 is 8.00. The highest BCUT2D eigenvalue weighted by Crippen LogP contribution is 2.46. The molecule has 0 spiro atoms. The highest BCUT2D eigenvalue weighted by Gasteiger charge is 2.28. The van der Waals surface area contributed by atoms with E-state index in [0.717, 1.165) is 10.2 Å². The van der Waals surface area contributed by atoms with E-state index in [1.54, 1.807) is 17.7 Å². The summed E-state index contributed by atoms with van der Waals surface area (Å²) in [5.74, 6) is 0.678. The van der Waals surface area contributed by atoms with Gasteiger partial charge in [0.1, 0.15) is 16.3 Å². The van der Waals surface area contributed by atoms with Gasteiger partial charge in [-0.15, -0.1) is 11.3 Å². The predicted molar refractivity (Wildman–Crippen MR) is 68.4 cm³/mol. The SMILES string of the molecule is CCCC1CCc2sc3ncnc(Cl)c3c21. The molecule has 0 aromatic carbocycles. The molecule has 0 bridgehead atoms. The van der Waals surface area contributed by atoms with E-state index < -0.39 is 0 Å². The van der Waals surface area contributed by atoms with Gasteiger partial charge in [0.2, 0.25) is 0 Å². The molecule has 1 unspecified atom stereocenters. The number of rotatable bonds is 2. The average Bonchev–Trinajstić information content (AvgIpc) is 2.79. The molecule has 16 heavy (non-hydrogen) atoms. The van der Waals surface area contributed by atoms with Gasteiger partial charge in [0.15, 0.2) is 0 Å². The zero-order valence-electron chi connectivity index (χ0n) is 9.16. The Bertz CT molecular complexity index is 535. The number of thiophene rings is 1. The monoisotopic (exact) mass is 252 g/mol. The normalized spacial score (nSPS) is 19.2. The first-order valence-corrected chi connectivity index (χ1v) is 6.92. The third-order valence-corrected chi connectivity index (χ3v) is 4.78. The molecule has 2 heterocycles. The van der Waals surface area contributed by atoms with Gasteiger partial charge in [-0.1, -0.05) is 24.9 Å². The summed E-state index contributed by atoms with van der Waals surface area (Å²) in [6.07, 6.45) is 6.51. The third-order valence-electron chi connectivity index (χ3n) is 3.32. The van der Waals surface area contributed by atoms with Gasteiger partial charge < -0.3 is 0 Å². The zero-order valence-corrected chi connectivity index (χ0v) is 10.7. The number of aromatic nitrogens is 2. The molecule has 3 rings (SSSR count). The van der Waals surface area contributed by atoms with Crippen LogP contribution in [0.2, 0.25) is 5.15 Å². The third kappa shape index (κ3) is 1.45. The minimum atomic E-state index is 0.630. The maximum absolute atomic E-state index is 6.20. The van der Waals surface area contributed by atoms with Crippen molar-refractivity contribution in [1.82, 2.24) is 9.97 Å². The van der Waals surface area contributed by atoms with Gasteiger partial charge in [0, 0.05) is 4.88 Å². The van der Waals surface area contributed by atoms with Gasteiger partial charge in [0.25, 0.3) is 0 Å². The summed E-state index contributed by atoms with van der Waals surface area (Å²) < 4.78 is 0. The number of hydrogen-bond donors (Lipinski definition) is 0. The fraction of sp³-hybridized carbons (Fsp3) is 0.500. The van der Waals surface area contributed by atoms with Crippen molar-refractivity contribution in [3.8, 4) is 0 Å². The summed E-state index contributed by atoms with van der Waals surface area (Å²) in [6.45, 7) is 2.24. The maximum Gasteiger partial charge on any atom is 0.141 e. The Hall–Kier alpha value is -0.670. The summed E-state index contributed by atoms with van der Waals surface area (Å²) in [6, 6.07) is 0. The van der Waals surface area contributed by atoms with Crippen molar-refractivity contribution in [2.24, 2.45) is 0 Å². The Labute approximate surface area is 104 Å². The van der Waals surface area contributed by atoms with Crippen LogP contribution in [0, 0.1) is 0 Å². The molecule has 2 aromatic heterocycles. The van der Waals surface area contributed by atoms with Crippen LogP contribution in [0.3, 0.4) is 0 Å². The van der Waals surface area contributed by atoms with Crippen molar-refractivity contribution >= 4 is 33.2 Å². The molecular weight excluding hydrogens is 240 g/mol. The van der Waals surface area contributed by atoms with Crippen LogP contribution in [0.4, 0.5) is 0 Å². The number of aryl methyl sites for hydroxylation is 1. The molecule has 2 nitrogen and oxygen atoms in total. The molecule has 0 N–H and O–H groups in total. The zero-order chi connectivity index (χ0) is 11.1. The van der Waals surface area contributed by atoms with Gasteiger partial charge >= 0.3 is 0 Å². The van der Waals surface area contributed by atoms with Crippen molar-refractivity contribution in [2.75, 3.05) is 0 Å². The second-order valence-corrected chi connectivity index (χ2v) is 5.75. The smallest absolute Gasteiger partial charge is 0.141 e. The lowest BCUT2D eigenvalue weighted by molar-refractivity contribution is 0.611. The number of hydrogen-bond acceptors (Lipinski definition) is 3. The van der Waals surface area contributed by atoms with Crippen LogP contribution < -0.4 is 0 Å². The van der Waals surface area contributed by atoms with Crippen molar-refractivity contribution in [3.05, 3.63) is 21.9 Å². The summed E-state index contributed by atoms with van der Waals surface area (Å²) in [7, 11) is 0. The molecule has 1 aliphatic rings. The Morgan fingerprint density at radius 1 is 1.50 bits per heavy atom. The fourth-order valence-corrected chi connectivity index (χ4v) is 4.20. The number of nitrogens with zero attached hydrogens (tertiary/aromatic N) is 2. The molecule has 2 aromatic rings. The molecule has 0 aliphatic heterocycles. The van der Waals surface area contributed by atoms with Crippen LogP contribution in [0.1, 0.15) is 42.5 Å². The maximum atomic E-state index is 6.20. The number of fused-ring (bicyclic) bond motifs is 3. The first-order valence-electron chi connectivity index (χ1n) is 5.73. The minimum Gasteiger partial charge on any atom is -0.225 e. The van der Waals surface area contributed by atoms with E-state index in [-0.39, 0.29) is 0 Å². The van der Waals surface area contributed by atoms with Crippen LogP contribution in [-0.2, 0) is 6.42 Å². The quantitative estimate of drug-likeness (QED) is 0.750. The molecule has 0 amide bonds. The van der Waals surface area contributed by atoms with Crippen LogP contribution >= 0.6 is 22.9 Å². The Balaban J connectivity index is 2.22. The minimum absolute atomic E-state index is 0.630. The lowest BCUT2D eigenvalue weighted by atomic mass is 9.96. The Morgan fingerprint density at radius 2 is 2.38 bits per heavy atom. The highest BCUT2D eigenvalue weighted by atomic mass is 35.5. The number of halogens is 1. The van der Waals surface area contributed by atoms with Crippen molar-refractivity contribution in [2.45, 2.75) is 38.5 Å². The first kappa shape index (κ1) is 10.5.